The number of hydrogen-bond acceptors (Lipinski definition) is 1. The summed E-state index contributed by atoms with van der Waals surface area (Å²) < 4.78 is 6.24. The number of ether oxygens (including phenoxy) is 1. The topological polar surface area (TPSA) is 9.23 Å². The van der Waals surface area contributed by atoms with Gasteiger partial charge in [0, 0.05) is 5.92 Å². The van der Waals surface area contributed by atoms with Crippen molar-refractivity contribution in [3.05, 3.63) is 47.5 Å². The molecule has 0 amide bonds. The molecule has 0 saturated carbocycles. The molecule has 1 heteroatoms. The predicted molar refractivity (Wildman–Crippen MR) is 83.6 cm³/mol. The molecule has 3 rings (SSSR count). The Morgan fingerprint density at radius 1 is 1.15 bits per heavy atom. The summed E-state index contributed by atoms with van der Waals surface area (Å²) in [5.41, 5.74) is 2.98. The Morgan fingerprint density at radius 2 is 1.90 bits per heavy atom. The van der Waals surface area contributed by atoms with Gasteiger partial charge in [0.1, 0.15) is 0 Å². The summed E-state index contributed by atoms with van der Waals surface area (Å²) in [7, 11) is 0. The molecule has 1 aromatic rings. The van der Waals surface area contributed by atoms with Crippen LogP contribution in [-0.4, -0.2) is 12.7 Å². The van der Waals surface area contributed by atoms with E-state index >= 15 is 0 Å². The van der Waals surface area contributed by atoms with Crippen LogP contribution in [0.15, 0.2) is 42.0 Å². The van der Waals surface area contributed by atoms with Gasteiger partial charge in [0.25, 0.3) is 0 Å². The molecule has 1 fully saturated rings. The predicted octanol–water partition coefficient (Wildman–Crippen LogP) is 4.48. The highest BCUT2D eigenvalue weighted by atomic mass is 16.5. The van der Waals surface area contributed by atoms with E-state index in [0.717, 1.165) is 31.3 Å². The van der Waals surface area contributed by atoms with Crippen molar-refractivity contribution in [2.24, 2.45) is 23.7 Å². The highest BCUT2D eigenvalue weighted by Crippen LogP contribution is 2.45. The van der Waals surface area contributed by atoms with Crippen LogP contribution in [0.5, 0.6) is 0 Å². The van der Waals surface area contributed by atoms with Gasteiger partial charge < -0.3 is 4.74 Å². The Hall–Kier alpha value is -1.08. The lowest BCUT2D eigenvalue weighted by molar-refractivity contribution is -0.0935. The number of hydrogen-bond donors (Lipinski definition) is 0. The van der Waals surface area contributed by atoms with E-state index in [4.69, 9.17) is 4.74 Å². The molecule has 1 aliphatic heterocycles. The maximum atomic E-state index is 6.24. The second-order valence-corrected chi connectivity index (χ2v) is 6.71. The van der Waals surface area contributed by atoms with Gasteiger partial charge in [0.05, 0.1) is 12.7 Å². The number of fused-ring (bicyclic) bond motifs is 2. The minimum absolute atomic E-state index is 0.408. The van der Waals surface area contributed by atoms with Crippen LogP contribution in [0.3, 0.4) is 0 Å². The quantitative estimate of drug-likeness (QED) is 0.736. The van der Waals surface area contributed by atoms with Gasteiger partial charge in [-0.1, -0.05) is 55.8 Å². The van der Waals surface area contributed by atoms with E-state index in [0.29, 0.717) is 17.9 Å². The zero-order valence-electron chi connectivity index (χ0n) is 12.9. The number of rotatable bonds is 3. The van der Waals surface area contributed by atoms with E-state index < -0.39 is 0 Å². The number of aryl methyl sites for hydroxylation is 1. The molecule has 0 unspecified atom stereocenters. The summed E-state index contributed by atoms with van der Waals surface area (Å²) in [6.45, 7) is 8.02. The molecule has 1 nitrogen and oxygen atoms in total. The van der Waals surface area contributed by atoms with Gasteiger partial charge in [-0.25, -0.2) is 0 Å². The van der Waals surface area contributed by atoms with Crippen molar-refractivity contribution >= 4 is 0 Å². The molecule has 1 saturated heterocycles. The first-order valence-corrected chi connectivity index (χ1v) is 8.00. The summed E-state index contributed by atoms with van der Waals surface area (Å²) in [6, 6.07) is 10.8. The van der Waals surface area contributed by atoms with Gasteiger partial charge in [0.2, 0.25) is 0 Å². The fourth-order valence-electron chi connectivity index (χ4n) is 4.30. The molecule has 5 atom stereocenters. The molecule has 2 bridgehead atoms. The minimum atomic E-state index is 0.408. The molecule has 0 aromatic heterocycles. The fourth-order valence-corrected chi connectivity index (χ4v) is 4.30. The van der Waals surface area contributed by atoms with Gasteiger partial charge in [-0.05, 0) is 43.1 Å². The maximum Gasteiger partial charge on any atom is 0.0646 e. The van der Waals surface area contributed by atoms with Crippen LogP contribution < -0.4 is 0 Å². The highest BCUT2D eigenvalue weighted by Gasteiger charge is 2.42. The van der Waals surface area contributed by atoms with Crippen molar-refractivity contribution in [2.45, 2.75) is 39.7 Å². The highest BCUT2D eigenvalue weighted by molar-refractivity contribution is 5.18. The van der Waals surface area contributed by atoms with E-state index in [1.165, 1.54) is 5.56 Å². The minimum Gasteiger partial charge on any atom is -0.377 e. The first kappa shape index (κ1) is 13.9. The van der Waals surface area contributed by atoms with E-state index in [1.54, 1.807) is 5.57 Å². The normalized spacial score (nSPS) is 36.5. The summed E-state index contributed by atoms with van der Waals surface area (Å²) in [5, 5.41) is 0. The van der Waals surface area contributed by atoms with Gasteiger partial charge >= 0.3 is 0 Å². The Balaban J connectivity index is 1.70. The number of allylic oxidation sites excluding steroid dienone is 1. The number of benzene rings is 1. The van der Waals surface area contributed by atoms with Crippen LogP contribution in [0.1, 0.15) is 32.8 Å². The van der Waals surface area contributed by atoms with Crippen LogP contribution in [0.25, 0.3) is 0 Å². The lowest BCUT2D eigenvalue weighted by atomic mass is 9.65. The van der Waals surface area contributed by atoms with Crippen molar-refractivity contribution in [3.63, 3.8) is 0 Å². The van der Waals surface area contributed by atoms with Crippen LogP contribution in [0.4, 0.5) is 0 Å². The van der Waals surface area contributed by atoms with Gasteiger partial charge in [0.15, 0.2) is 0 Å². The van der Waals surface area contributed by atoms with Gasteiger partial charge in [-0.15, -0.1) is 0 Å². The Bertz CT molecular complexity index is 476. The maximum absolute atomic E-state index is 6.24. The lowest BCUT2D eigenvalue weighted by Crippen LogP contribution is -2.46. The zero-order valence-corrected chi connectivity index (χ0v) is 12.9. The molecular weight excluding hydrogens is 244 g/mol. The molecular formula is C19H26O. The van der Waals surface area contributed by atoms with Crippen molar-refractivity contribution in [1.29, 1.82) is 0 Å². The van der Waals surface area contributed by atoms with Crippen molar-refractivity contribution in [3.8, 4) is 0 Å². The molecule has 1 aromatic carbocycles. The van der Waals surface area contributed by atoms with Crippen molar-refractivity contribution in [1.82, 2.24) is 0 Å². The standard InChI is InChI=1S/C19H26O/c1-13-11-14(2)19-15(3)17(13)12-20-18(19)10-9-16-7-5-4-6-8-16/h4-8,11,13,15,17-19H,9-10,12H2,1-3H3/t13-,15-,17+,18+,19-/m0/s1. The Labute approximate surface area is 123 Å². The monoisotopic (exact) mass is 270 g/mol. The van der Waals surface area contributed by atoms with Crippen LogP contribution in [-0.2, 0) is 11.2 Å². The molecule has 0 N–H and O–H groups in total. The molecule has 0 radical (unpaired) electrons. The fraction of sp³-hybridized carbons (Fsp3) is 0.579. The molecule has 20 heavy (non-hydrogen) atoms. The Morgan fingerprint density at radius 3 is 2.65 bits per heavy atom. The summed E-state index contributed by atoms with van der Waals surface area (Å²) in [5.74, 6) is 2.80. The lowest BCUT2D eigenvalue weighted by Gasteiger charge is -2.47. The molecule has 0 spiro atoms. The third-order valence-electron chi connectivity index (χ3n) is 5.43. The van der Waals surface area contributed by atoms with Crippen LogP contribution >= 0.6 is 0 Å². The summed E-state index contributed by atoms with van der Waals surface area (Å²) in [6.07, 6.45) is 5.17. The van der Waals surface area contributed by atoms with Gasteiger partial charge in [-0.2, -0.15) is 0 Å². The second-order valence-electron chi connectivity index (χ2n) is 6.71. The SMILES string of the molecule is CC1=C[C@H](C)[C@H]2CO[C@H](CCc3ccccc3)[C@@H]1[C@H]2C. The smallest absolute Gasteiger partial charge is 0.0646 e. The average molecular weight is 270 g/mol. The largest absolute Gasteiger partial charge is 0.377 e. The van der Waals surface area contributed by atoms with Crippen molar-refractivity contribution in [2.75, 3.05) is 6.61 Å². The summed E-state index contributed by atoms with van der Waals surface area (Å²) >= 11 is 0. The third-order valence-corrected chi connectivity index (χ3v) is 5.43. The Kier molecular flexibility index (Phi) is 3.98. The first-order valence-electron chi connectivity index (χ1n) is 8.00. The van der Waals surface area contributed by atoms with Crippen LogP contribution in [0.2, 0.25) is 0 Å². The van der Waals surface area contributed by atoms with E-state index in [9.17, 15) is 0 Å². The molecule has 1 heterocycles. The first-order chi connectivity index (χ1) is 9.66. The molecule has 108 valence electrons. The van der Waals surface area contributed by atoms with E-state index in [1.807, 2.05) is 0 Å². The molecule has 2 aliphatic rings. The van der Waals surface area contributed by atoms with Crippen molar-refractivity contribution < 1.29 is 4.74 Å². The van der Waals surface area contributed by atoms with E-state index in [2.05, 4.69) is 57.2 Å². The molecule has 1 aliphatic carbocycles. The van der Waals surface area contributed by atoms with E-state index in [-0.39, 0.29) is 0 Å². The zero-order chi connectivity index (χ0) is 14.1. The van der Waals surface area contributed by atoms with Gasteiger partial charge in [-0.3, -0.25) is 0 Å². The average Bonchev–Trinajstić information content (AvgIpc) is 2.44. The van der Waals surface area contributed by atoms with Crippen LogP contribution in [0, 0.1) is 23.7 Å². The summed E-state index contributed by atoms with van der Waals surface area (Å²) in [4.78, 5) is 0. The third kappa shape index (κ3) is 2.56. The second kappa shape index (κ2) is 5.73.